The second-order valence-electron chi connectivity index (χ2n) is 7.06. The second kappa shape index (κ2) is 11.5. The molecule has 1 amide bonds. The molecule has 166 valence electrons. The molecule has 1 heterocycles. The lowest BCUT2D eigenvalue weighted by molar-refractivity contribution is -0.143. The van der Waals surface area contributed by atoms with Crippen LogP contribution in [-0.4, -0.2) is 29.5 Å². The monoisotopic (exact) mass is 471 g/mol. The molecule has 0 spiro atoms. The summed E-state index contributed by atoms with van der Waals surface area (Å²) in [5, 5.41) is 7.01. The van der Waals surface area contributed by atoms with Crippen LogP contribution in [0.25, 0.3) is 0 Å². The minimum absolute atomic E-state index is 0.0538. The van der Waals surface area contributed by atoms with Crippen molar-refractivity contribution in [3.8, 4) is 0 Å². The Morgan fingerprint density at radius 3 is 2.47 bits per heavy atom. The number of carbonyl (C=O) groups is 2. The number of amides is 1. The van der Waals surface area contributed by atoms with Crippen LogP contribution in [0.1, 0.15) is 29.3 Å². The van der Waals surface area contributed by atoms with E-state index in [0.29, 0.717) is 33.4 Å². The lowest BCUT2D eigenvalue weighted by Gasteiger charge is -2.18. The Kier molecular flexibility index (Phi) is 8.48. The Bertz CT molecular complexity index is 1060. The van der Waals surface area contributed by atoms with Gasteiger partial charge < -0.3 is 15.4 Å². The molecule has 0 bridgehead atoms. The first kappa shape index (κ1) is 23.6. The van der Waals surface area contributed by atoms with Gasteiger partial charge in [0.25, 0.3) is 5.91 Å². The number of anilines is 2. The van der Waals surface area contributed by atoms with Gasteiger partial charge in [-0.25, -0.2) is 0 Å². The minimum Gasteiger partial charge on any atom is -0.463 e. The van der Waals surface area contributed by atoms with E-state index >= 15 is 0 Å². The number of hydrogen-bond acceptors (Lipinski definition) is 5. The molecule has 0 saturated heterocycles. The van der Waals surface area contributed by atoms with Gasteiger partial charge in [0.1, 0.15) is 6.61 Å². The van der Waals surface area contributed by atoms with E-state index in [1.165, 1.54) is 6.20 Å². The molecule has 32 heavy (non-hydrogen) atoms. The van der Waals surface area contributed by atoms with Gasteiger partial charge in [0.15, 0.2) is 0 Å². The van der Waals surface area contributed by atoms with Crippen LogP contribution >= 0.6 is 23.2 Å². The predicted octanol–water partition coefficient (Wildman–Crippen LogP) is 5.43. The first-order valence-corrected chi connectivity index (χ1v) is 10.9. The quantitative estimate of drug-likeness (QED) is 0.406. The third-order valence-electron chi connectivity index (χ3n) is 4.77. The van der Waals surface area contributed by atoms with Gasteiger partial charge in [-0.2, -0.15) is 0 Å². The summed E-state index contributed by atoms with van der Waals surface area (Å²) >= 11 is 12.5. The molecule has 3 aromatic rings. The highest BCUT2D eigenvalue weighted by molar-refractivity contribution is 6.39. The summed E-state index contributed by atoms with van der Waals surface area (Å²) in [7, 11) is 0. The molecule has 2 N–H and O–H groups in total. The molecule has 1 atom stereocenters. The van der Waals surface area contributed by atoms with Gasteiger partial charge in [-0.05, 0) is 42.3 Å². The van der Waals surface area contributed by atoms with Crippen molar-refractivity contribution in [1.29, 1.82) is 0 Å². The Balaban J connectivity index is 1.59. The number of aromatic nitrogens is 1. The van der Waals surface area contributed by atoms with Crippen molar-refractivity contribution in [1.82, 2.24) is 10.3 Å². The average molecular weight is 472 g/mol. The number of benzene rings is 2. The summed E-state index contributed by atoms with van der Waals surface area (Å²) < 4.78 is 5.44. The topological polar surface area (TPSA) is 80.3 Å². The van der Waals surface area contributed by atoms with Crippen molar-refractivity contribution in [2.24, 2.45) is 0 Å². The molecule has 0 radical (unpaired) electrons. The van der Waals surface area contributed by atoms with Gasteiger partial charge in [0, 0.05) is 18.1 Å². The highest BCUT2D eigenvalue weighted by atomic mass is 35.5. The molecule has 0 aliphatic heterocycles. The van der Waals surface area contributed by atoms with Gasteiger partial charge in [-0.3, -0.25) is 14.6 Å². The van der Waals surface area contributed by atoms with E-state index in [2.05, 4.69) is 15.6 Å². The highest BCUT2D eigenvalue weighted by Crippen LogP contribution is 2.33. The van der Waals surface area contributed by atoms with Crippen molar-refractivity contribution in [3.63, 3.8) is 0 Å². The zero-order chi connectivity index (χ0) is 22.9. The number of esters is 1. The normalized spacial score (nSPS) is 11.5. The first-order chi connectivity index (χ1) is 15.5. The number of ether oxygens (including phenoxy) is 1. The SMILES string of the molecule is CCC(COC(=O)Cc1ccccc1Nc1c(Cl)cccc1Cl)NC(=O)c1cccnc1. The number of nitrogens with one attached hydrogen (secondary N) is 2. The van der Waals surface area contributed by atoms with Crippen LogP contribution in [0.15, 0.2) is 67.0 Å². The largest absolute Gasteiger partial charge is 0.463 e. The van der Waals surface area contributed by atoms with E-state index in [0.717, 1.165) is 5.56 Å². The molecule has 6 nitrogen and oxygen atoms in total. The smallest absolute Gasteiger partial charge is 0.310 e. The van der Waals surface area contributed by atoms with Crippen molar-refractivity contribution >= 4 is 46.5 Å². The summed E-state index contributed by atoms with van der Waals surface area (Å²) in [6.07, 6.45) is 3.76. The van der Waals surface area contributed by atoms with E-state index in [9.17, 15) is 9.59 Å². The Morgan fingerprint density at radius 1 is 1.03 bits per heavy atom. The summed E-state index contributed by atoms with van der Waals surface area (Å²) in [5.74, 6) is -0.661. The summed E-state index contributed by atoms with van der Waals surface area (Å²) in [5.41, 5.74) is 2.47. The Hall–Kier alpha value is -3.09. The maximum Gasteiger partial charge on any atom is 0.310 e. The Morgan fingerprint density at radius 2 is 1.78 bits per heavy atom. The standard InChI is InChI=1S/C24H23Cl2N3O3/c1-2-18(28-24(31)17-8-6-12-27-14-17)15-32-22(30)13-16-7-3-4-11-21(16)29-23-19(25)9-5-10-20(23)26/h3-12,14,18,29H,2,13,15H2,1H3,(H,28,31). The van der Waals surface area contributed by atoms with Crippen LogP contribution in [0.2, 0.25) is 10.0 Å². The van der Waals surface area contributed by atoms with Crippen LogP contribution in [0.3, 0.4) is 0 Å². The van der Waals surface area contributed by atoms with Crippen molar-refractivity contribution in [3.05, 3.63) is 88.2 Å². The fourth-order valence-electron chi connectivity index (χ4n) is 2.98. The number of rotatable bonds is 9. The number of halogens is 2. The number of pyridine rings is 1. The average Bonchev–Trinajstić information content (AvgIpc) is 2.80. The van der Waals surface area contributed by atoms with E-state index in [1.54, 1.807) is 36.5 Å². The van der Waals surface area contributed by atoms with E-state index in [1.807, 2.05) is 31.2 Å². The molecule has 0 aliphatic carbocycles. The van der Waals surface area contributed by atoms with Crippen molar-refractivity contribution in [2.45, 2.75) is 25.8 Å². The van der Waals surface area contributed by atoms with Gasteiger partial charge in [0.2, 0.25) is 0 Å². The van der Waals surface area contributed by atoms with Gasteiger partial charge >= 0.3 is 5.97 Å². The third kappa shape index (κ3) is 6.45. The van der Waals surface area contributed by atoms with Crippen molar-refractivity contribution < 1.29 is 14.3 Å². The maximum atomic E-state index is 12.5. The molecular formula is C24H23Cl2N3O3. The molecule has 0 saturated carbocycles. The van der Waals surface area contributed by atoms with Crippen LogP contribution in [0.4, 0.5) is 11.4 Å². The van der Waals surface area contributed by atoms with Gasteiger partial charge in [-0.1, -0.05) is 54.4 Å². The molecular weight excluding hydrogens is 449 g/mol. The lowest BCUT2D eigenvalue weighted by Crippen LogP contribution is -2.38. The van der Waals surface area contributed by atoms with E-state index in [-0.39, 0.29) is 25.0 Å². The van der Waals surface area contributed by atoms with Crippen LogP contribution in [0, 0.1) is 0 Å². The van der Waals surface area contributed by atoms with Crippen LogP contribution in [0.5, 0.6) is 0 Å². The van der Waals surface area contributed by atoms with Gasteiger partial charge in [0.05, 0.1) is 33.8 Å². The van der Waals surface area contributed by atoms with Crippen LogP contribution in [-0.2, 0) is 16.0 Å². The highest BCUT2D eigenvalue weighted by Gasteiger charge is 2.16. The number of para-hydroxylation sites is 2. The maximum absolute atomic E-state index is 12.5. The second-order valence-corrected chi connectivity index (χ2v) is 7.87. The molecule has 1 aromatic heterocycles. The zero-order valence-corrected chi connectivity index (χ0v) is 19.0. The van der Waals surface area contributed by atoms with Crippen LogP contribution < -0.4 is 10.6 Å². The molecule has 0 aliphatic rings. The van der Waals surface area contributed by atoms with E-state index in [4.69, 9.17) is 27.9 Å². The predicted molar refractivity (Wildman–Crippen MR) is 127 cm³/mol. The number of nitrogens with zero attached hydrogens (tertiary/aromatic N) is 1. The first-order valence-electron chi connectivity index (χ1n) is 10.1. The molecule has 8 heteroatoms. The Labute approximate surface area is 196 Å². The third-order valence-corrected chi connectivity index (χ3v) is 5.40. The zero-order valence-electron chi connectivity index (χ0n) is 17.5. The minimum atomic E-state index is -0.404. The molecule has 3 rings (SSSR count). The summed E-state index contributed by atoms with van der Waals surface area (Å²) in [6, 6.07) is 15.6. The van der Waals surface area contributed by atoms with E-state index < -0.39 is 5.97 Å². The van der Waals surface area contributed by atoms with Gasteiger partial charge in [-0.15, -0.1) is 0 Å². The fraction of sp³-hybridized carbons (Fsp3) is 0.208. The van der Waals surface area contributed by atoms with Crippen molar-refractivity contribution in [2.75, 3.05) is 11.9 Å². The summed E-state index contributed by atoms with van der Waals surface area (Å²) in [4.78, 5) is 28.7. The summed E-state index contributed by atoms with van der Waals surface area (Å²) in [6.45, 7) is 1.99. The molecule has 2 aromatic carbocycles. The number of carbonyl (C=O) groups excluding carboxylic acids is 2. The molecule has 0 fully saturated rings. The molecule has 1 unspecified atom stereocenters. The number of hydrogen-bond donors (Lipinski definition) is 2. The fourth-order valence-corrected chi connectivity index (χ4v) is 3.47. The lowest BCUT2D eigenvalue weighted by atomic mass is 10.1.